The van der Waals surface area contributed by atoms with Crippen molar-refractivity contribution in [2.75, 3.05) is 33.4 Å². The number of rotatable bonds is 7. The summed E-state index contributed by atoms with van der Waals surface area (Å²) in [5.41, 5.74) is 3.37. The lowest BCUT2D eigenvalue weighted by Crippen LogP contribution is -2.49. The number of aliphatic hydroxyl groups is 1. The van der Waals surface area contributed by atoms with E-state index in [1.165, 1.54) is 16.0 Å². The zero-order chi connectivity index (χ0) is 25.2. The number of carbonyl (C=O) groups excluding carboxylic acids is 2. The molecule has 2 aromatic carbocycles. The third kappa shape index (κ3) is 4.85. The van der Waals surface area contributed by atoms with Crippen LogP contribution in [0.15, 0.2) is 42.5 Å². The molecule has 8 nitrogen and oxygen atoms in total. The second-order valence-corrected chi connectivity index (χ2v) is 9.99. The monoisotopic (exact) mass is 493 g/mol. The van der Waals surface area contributed by atoms with Gasteiger partial charge < -0.3 is 29.7 Å². The Kier molecular flexibility index (Phi) is 7.27. The highest BCUT2D eigenvalue weighted by Gasteiger charge is 2.41. The molecule has 2 fully saturated rings. The average Bonchev–Trinajstić information content (AvgIpc) is 3.15. The molecule has 36 heavy (non-hydrogen) atoms. The van der Waals surface area contributed by atoms with Gasteiger partial charge in [-0.1, -0.05) is 24.3 Å². The summed E-state index contributed by atoms with van der Waals surface area (Å²) in [6, 6.07) is 13.3. The van der Waals surface area contributed by atoms with Crippen LogP contribution in [0, 0.1) is 0 Å². The van der Waals surface area contributed by atoms with E-state index in [1.807, 2.05) is 24.0 Å². The normalized spacial score (nSPS) is 23.6. The van der Waals surface area contributed by atoms with Gasteiger partial charge in [-0.25, -0.2) is 0 Å². The van der Waals surface area contributed by atoms with Crippen molar-refractivity contribution in [3.63, 3.8) is 0 Å². The van der Waals surface area contributed by atoms with Gasteiger partial charge in [-0.3, -0.25) is 9.59 Å². The van der Waals surface area contributed by atoms with Crippen molar-refractivity contribution in [1.82, 2.24) is 15.1 Å². The van der Waals surface area contributed by atoms with Gasteiger partial charge in [-0.15, -0.1) is 0 Å². The predicted octanol–water partition coefficient (Wildman–Crippen LogP) is 2.24. The van der Waals surface area contributed by atoms with E-state index >= 15 is 0 Å². The first-order chi connectivity index (χ1) is 17.5. The van der Waals surface area contributed by atoms with Crippen LogP contribution in [0.5, 0.6) is 5.75 Å². The van der Waals surface area contributed by atoms with Crippen LogP contribution < -0.4 is 10.1 Å². The number of ether oxygens (including phenoxy) is 2. The lowest BCUT2D eigenvalue weighted by Gasteiger charge is -2.35. The lowest BCUT2D eigenvalue weighted by molar-refractivity contribution is -0.00717. The molecule has 3 aliphatic heterocycles. The molecule has 2 bridgehead atoms. The Morgan fingerprint density at radius 1 is 1.17 bits per heavy atom. The van der Waals surface area contributed by atoms with Gasteiger partial charge >= 0.3 is 0 Å². The number of likely N-dealkylation sites (N-methyl/N-ethyl adjacent to an activating group) is 1. The first-order valence-corrected chi connectivity index (χ1v) is 12.9. The largest absolute Gasteiger partial charge is 0.493 e. The van der Waals surface area contributed by atoms with E-state index in [9.17, 15) is 14.7 Å². The van der Waals surface area contributed by atoms with E-state index in [0.29, 0.717) is 49.7 Å². The number of nitrogens with zero attached hydrogens (tertiary/aromatic N) is 2. The van der Waals surface area contributed by atoms with Crippen molar-refractivity contribution in [2.24, 2.45) is 0 Å². The van der Waals surface area contributed by atoms with Gasteiger partial charge in [0, 0.05) is 31.7 Å². The van der Waals surface area contributed by atoms with Gasteiger partial charge in [0.15, 0.2) is 0 Å². The molecule has 0 radical (unpaired) electrons. The molecule has 0 aromatic heterocycles. The summed E-state index contributed by atoms with van der Waals surface area (Å²) in [7, 11) is 1.68. The van der Waals surface area contributed by atoms with Crippen LogP contribution in [-0.2, 0) is 17.7 Å². The van der Waals surface area contributed by atoms with Crippen LogP contribution >= 0.6 is 0 Å². The van der Waals surface area contributed by atoms with Crippen molar-refractivity contribution in [2.45, 2.75) is 57.0 Å². The number of hydrogen-bond acceptors (Lipinski definition) is 6. The zero-order valence-electron chi connectivity index (χ0n) is 21.0. The van der Waals surface area contributed by atoms with Crippen LogP contribution in [0.1, 0.15) is 51.6 Å². The molecule has 0 saturated carbocycles. The lowest BCUT2D eigenvalue weighted by atomic mass is 9.93. The third-order valence-corrected chi connectivity index (χ3v) is 7.62. The molecular formula is C28H35N3O5. The maximum Gasteiger partial charge on any atom is 0.257 e. The molecule has 2 N–H and O–H groups in total. The molecule has 2 aromatic rings. The molecule has 192 valence electrons. The average molecular weight is 494 g/mol. The zero-order valence-corrected chi connectivity index (χ0v) is 21.0. The number of aliphatic hydroxyl groups excluding tert-OH is 1. The molecule has 2 saturated heterocycles. The summed E-state index contributed by atoms with van der Waals surface area (Å²) in [5, 5.41) is 14.3. The molecule has 5 rings (SSSR count). The highest BCUT2D eigenvalue weighted by atomic mass is 16.5. The summed E-state index contributed by atoms with van der Waals surface area (Å²) in [6.07, 6.45) is 1.91. The Balaban J connectivity index is 1.28. The number of amides is 2. The summed E-state index contributed by atoms with van der Waals surface area (Å²) >= 11 is 0. The summed E-state index contributed by atoms with van der Waals surface area (Å²) in [5.74, 6) is 0.0948. The summed E-state index contributed by atoms with van der Waals surface area (Å²) in [6.45, 7) is 4.26. The number of nitrogens with one attached hydrogen (secondary N) is 1. The SMILES string of the molecule is CCOc1cc(C(=O)N2C3CCC2COC3)ccc1C(=O)N(C)CC(O)C1Cc2ccccc2CN1. The standard InChI is InChI=1S/C28H35N3O5/c1-3-36-26-13-19(27(33)31-21-9-10-22(31)17-35-16-21)8-11-23(26)28(34)30(2)15-25(32)24-12-18-6-4-5-7-20(18)14-29-24/h4-8,11,13,21-22,24-25,29,32H,3,9-10,12,14-17H2,1-2H3. The van der Waals surface area contributed by atoms with Crippen molar-refractivity contribution >= 4 is 11.8 Å². The maximum absolute atomic E-state index is 13.4. The topological polar surface area (TPSA) is 91.3 Å². The highest BCUT2D eigenvalue weighted by Crippen LogP contribution is 2.32. The highest BCUT2D eigenvalue weighted by molar-refractivity contribution is 6.00. The Hall–Kier alpha value is -2.94. The molecule has 4 unspecified atom stereocenters. The van der Waals surface area contributed by atoms with Crippen molar-refractivity contribution in [3.8, 4) is 5.75 Å². The number of morpholine rings is 1. The molecule has 0 aliphatic carbocycles. The molecule has 8 heteroatoms. The van der Waals surface area contributed by atoms with Gasteiger partial charge in [0.05, 0.1) is 43.6 Å². The van der Waals surface area contributed by atoms with Crippen molar-refractivity contribution in [3.05, 3.63) is 64.7 Å². The number of hydrogen-bond donors (Lipinski definition) is 2. The molecule has 3 aliphatic rings. The first kappa shape index (κ1) is 24.7. The minimum atomic E-state index is -0.722. The van der Waals surface area contributed by atoms with Crippen molar-refractivity contribution < 1.29 is 24.2 Å². The Morgan fingerprint density at radius 2 is 1.89 bits per heavy atom. The van der Waals surface area contributed by atoms with Gasteiger partial charge in [0.1, 0.15) is 5.75 Å². The van der Waals surface area contributed by atoms with Crippen LogP contribution in [0.25, 0.3) is 0 Å². The van der Waals surface area contributed by atoms with Gasteiger partial charge in [0.2, 0.25) is 0 Å². The number of fused-ring (bicyclic) bond motifs is 3. The molecule has 4 atom stereocenters. The first-order valence-electron chi connectivity index (χ1n) is 12.9. The Morgan fingerprint density at radius 3 is 2.61 bits per heavy atom. The van der Waals surface area contributed by atoms with E-state index in [1.54, 1.807) is 25.2 Å². The third-order valence-electron chi connectivity index (χ3n) is 7.62. The van der Waals surface area contributed by atoms with Crippen molar-refractivity contribution in [1.29, 1.82) is 0 Å². The second-order valence-electron chi connectivity index (χ2n) is 9.99. The summed E-state index contributed by atoms with van der Waals surface area (Å²) < 4.78 is 11.4. The van der Waals surface area contributed by atoms with Gasteiger partial charge in [-0.05, 0) is 55.5 Å². The van der Waals surface area contributed by atoms with E-state index in [0.717, 1.165) is 12.8 Å². The molecule has 2 amide bonds. The van der Waals surface area contributed by atoms with Crippen LogP contribution in [0.2, 0.25) is 0 Å². The maximum atomic E-state index is 13.4. The van der Waals surface area contributed by atoms with E-state index < -0.39 is 6.10 Å². The molecule has 3 heterocycles. The smallest absolute Gasteiger partial charge is 0.257 e. The minimum Gasteiger partial charge on any atom is -0.493 e. The minimum absolute atomic E-state index is 0.0433. The summed E-state index contributed by atoms with van der Waals surface area (Å²) in [4.78, 5) is 30.1. The predicted molar refractivity (Wildman–Crippen MR) is 135 cm³/mol. The second kappa shape index (κ2) is 10.6. The Labute approximate surface area is 212 Å². The molecular weight excluding hydrogens is 458 g/mol. The van der Waals surface area contributed by atoms with Gasteiger partial charge in [-0.2, -0.15) is 0 Å². The fourth-order valence-corrected chi connectivity index (χ4v) is 5.66. The van der Waals surface area contributed by atoms with Crippen LogP contribution in [-0.4, -0.2) is 84.4 Å². The number of carbonyl (C=O) groups is 2. The fraction of sp³-hybridized carbons (Fsp3) is 0.500. The van der Waals surface area contributed by atoms with Gasteiger partial charge in [0.25, 0.3) is 11.8 Å². The van der Waals surface area contributed by atoms with E-state index in [4.69, 9.17) is 9.47 Å². The Bertz CT molecular complexity index is 1110. The fourth-order valence-electron chi connectivity index (χ4n) is 5.66. The van der Waals surface area contributed by atoms with Crippen LogP contribution in [0.3, 0.4) is 0 Å². The quantitative estimate of drug-likeness (QED) is 0.615. The number of benzene rings is 2. The van der Waals surface area contributed by atoms with E-state index in [2.05, 4.69) is 17.4 Å². The molecule has 0 spiro atoms. The van der Waals surface area contributed by atoms with Crippen LogP contribution in [0.4, 0.5) is 0 Å². The van der Waals surface area contributed by atoms with E-state index in [-0.39, 0.29) is 36.5 Å².